The van der Waals surface area contributed by atoms with Crippen molar-refractivity contribution >= 4 is 29.2 Å². The molecule has 0 heterocycles. The number of methoxy groups -OCH3 is 1. The summed E-state index contributed by atoms with van der Waals surface area (Å²) in [6, 6.07) is 1.62. The number of nitrogens with one attached hydrogen (secondary N) is 3. The largest absolute Gasteiger partial charge is 0.465 e. The van der Waals surface area contributed by atoms with Gasteiger partial charge in [-0.1, -0.05) is 0 Å². The van der Waals surface area contributed by atoms with E-state index in [2.05, 4.69) is 20.9 Å². The zero-order valence-electron chi connectivity index (χ0n) is 8.66. The molecule has 0 aromatic heterocycles. The van der Waals surface area contributed by atoms with Crippen LogP contribution in [0.1, 0.15) is 6.92 Å². The van der Waals surface area contributed by atoms with Crippen LogP contribution in [0, 0.1) is 11.3 Å². The minimum Gasteiger partial charge on any atom is -0.465 e. The Morgan fingerprint density at radius 3 is 2.50 bits per heavy atom. The number of carbonyl (C=O) groups excluding carboxylic acids is 2. The lowest BCUT2D eigenvalue weighted by atomic mass is 10.3. The fourth-order valence-electron chi connectivity index (χ4n) is 0.565. The number of amides is 1. The Bertz CT molecular complexity index is 372. The van der Waals surface area contributed by atoms with E-state index in [0.29, 0.717) is 0 Å². The highest BCUT2D eigenvalue weighted by atomic mass is 32.1. The predicted molar refractivity (Wildman–Crippen MR) is 58.4 cm³/mol. The number of esters is 1. The van der Waals surface area contributed by atoms with Gasteiger partial charge in [0.1, 0.15) is 6.07 Å². The fraction of sp³-hybridized carbons (Fsp3) is 0.250. The lowest BCUT2D eigenvalue weighted by molar-refractivity contribution is -0.135. The van der Waals surface area contributed by atoms with E-state index in [9.17, 15) is 9.59 Å². The minimum atomic E-state index is -0.780. The van der Waals surface area contributed by atoms with E-state index in [0.717, 1.165) is 13.3 Å². The van der Waals surface area contributed by atoms with E-state index >= 15 is 0 Å². The number of nitriles is 1. The van der Waals surface area contributed by atoms with Crippen molar-refractivity contribution in [3.05, 3.63) is 11.8 Å². The van der Waals surface area contributed by atoms with Crippen LogP contribution in [0.15, 0.2) is 11.8 Å². The average molecular weight is 242 g/mol. The van der Waals surface area contributed by atoms with Crippen LogP contribution in [-0.2, 0) is 14.3 Å². The SMILES string of the molecule is COC(=O)/C(C#N)=C\NC(=S)NNC(C)=O. The van der Waals surface area contributed by atoms with Gasteiger partial charge in [-0.15, -0.1) is 0 Å². The standard InChI is InChI=1S/C8H10N4O3S/c1-5(13)11-12-8(16)10-4-6(3-9)7(14)15-2/h4H,1-2H3,(H,11,13)(H2,10,12,16)/b6-4-. The average Bonchev–Trinajstić information content (AvgIpc) is 2.26. The second-order valence-corrected chi connectivity index (χ2v) is 2.85. The lowest BCUT2D eigenvalue weighted by Gasteiger charge is -2.06. The number of rotatable bonds is 2. The summed E-state index contributed by atoms with van der Waals surface area (Å²) in [5, 5.41) is 11.0. The Morgan fingerprint density at radius 2 is 2.06 bits per heavy atom. The Morgan fingerprint density at radius 1 is 1.44 bits per heavy atom. The van der Waals surface area contributed by atoms with Crippen molar-refractivity contribution in [2.75, 3.05) is 7.11 Å². The molecule has 8 heteroatoms. The van der Waals surface area contributed by atoms with Crippen LogP contribution in [0.25, 0.3) is 0 Å². The van der Waals surface area contributed by atoms with Gasteiger partial charge in [-0.3, -0.25) is 15.6 Å². The highest BCUT2D eigenvalue weighted by Gasteiger charge is 2.07. The molecule has 3 N–H and O–H groups in total. The summed E-state index contributed by atoms with van der Waals surface area (Å²) in [4.78, 5) is 21.4. The van der Waals surface area contributed by atoms with Crippen molar-refractivity contribution in [2.24, 2.45) is 0 Å². The fourth-order valence-corrected chi connectivity index (χ4v) is 0.675. The third-order valence-corrected chi connectivity index (χ3v) is 1.45. The number of carbonyl (C=O) groups is 2. The maximum Gasteiger partial charge on any atom is 0.350 e. The number of hydrogen-bond acceptors (Lipinski definition) is 5. The molecular formula is C8H10N4O3S. The monoisotopic (exact) mass is 242 g/mol. The molecule has 0 saturated heterocycles. The summed E-state index contributed by atoms with van der Waals surface area (Å²) in [6.45, 7) is 1.29. The summed E-state index contributed by atoms with van der Waals surface area (Å²) in [5.41, 5.74) is 4.30. The molecular weight excluding hydrogens is 232 g/mol. The summed E-state index contributed by atoms with van der Waals surface area (Å²) in [5.74, 6) is -1.11. The molecule has 0 spiro atoms. The third-order valence-electron chi connectivity index (χ3n) is 1.23. The normalized spacial score (nSPS) is 9.69. The molecule has 86 valence electrons. The summed E-state index contributed by atoms with van der Waals surface area (Å²) in [7, 11) is 1.15. The molecule has 0 aromatic carbocycles. The number of ether oxygens (including phenoxy) is 1. The zero-order valence-corrected chi connectivity index (χ0v) is 9.47. The van der Waals surface area contributed by atoms with Gasteiger partial charge in [-0.25, -0.2) is 4.79 Å². The molecule has 0 bridgehead atoms. The molecule has 0 aromatic rings. The molecule has 0 aliphatic heterocycles. The van der Waals surface area contributed by atoms with Crippen LogP contribution in [0.3, 0.4) is 0 Å². The lowest BCUT2D eigenvalue weighted by Crippen LogP contribution is -2.44. The van der Waals surface area contributed by atoms with Crippen molar-refractivity contribution in [1.82, 2.24) is 16.2 Å². The zero-order chi connectivity index (χ0) is 12.6. The van der Waals surface area contributed by atoms with Gasteiger partial charge in [0, 0.05) is 13.1 Å². The molecule has 0 atom stereocenters. The molecule has 0 aliphatic carbocycles. The first kappa shape index (κ1) is 13.9. The number of hydrogen-bond donors (Lipinski definition) is 3. The van der Waals surface area contributed by atoms with Gasteiger partial charge in [0.05, 0.1) is 7.11 Å². The van der Waals surface area contributed by atoms with E-state index in [-0.39, 0.29) is 16.6 Å². The second kappa shape index (κ2) is 7.19. The molecule has 0 fully saturated rings. The Labute approximate surface area is 97.4 Å². The van der Waals surface area contributed by atoms with E-state index in [1.165, 1.54) is 6.92 Å². The molecule has 0 aliphatic rings. The molecule has 7 nitrogen and oxygen atoms in total. The molecule has 1 amide bonds. The Hall–Kier alpha value is -2.14. The molecule has 0 unspecified atom stereocenters. The van der Waals surface area contributed by atoms with Crippen LogP contribution in [-0.4, -0.2) is 24.1 Å². The number of hydrazine groups is 1. The summed E-state index contributed by atoms with van der Waals surface area (Å²) >= 11 is 4.72. The van der Waals surface area contributed by atoms with Crippen molar-refractivity contribution in [3.8, 4) is 6.07 Å². The smallest absolute Gasteiger partial charge is 0.350 e. The van der Waals surface area contributed by atoms with E-state index in [1.807, 2.05) is 0 Å². The van der Waals surface area contributed by atoms with Crippen LogP contribution in [0.2, 0.25) is 0 Å². The van der Waals surface area contributed by atoms with Crippen LogP contribution in [0.4, 0.5) is 0 Å². The van der Waals surface area contributed by atoms with Gasteiger partial charge < -0.3 is 10.1 Å². The quantitative estimate of drug-likeness (QED) is 0.189. The van der Waals surface area contributed by atoms with Crippen molar-refractivity contribution in [2.45, 2.75) is 6.92 Å². The van der Waals surface area contributed by atoms with Gasteiger partial charge in [-0.2, -0.15) is 5.26 Å². The molecule has 0 saturated carbocycles. The first-order valence-corrected chi connectivity index (χ1v) is 4.43. The maximum atomic E-state index is 10.9. The number of thiocarbonyl (C=S) groups is 1. The van der Waals surface area contributed by atoms with Crippen LogP contribution >= 0.6 is 12.2 Å². The minimum absolute atomic E-state index is 0.0341. The van der Waals surface area contributed by atoms with Gasteiger partial charge in [0.15, 0.2) is 10.7 Å². The molecule has 0 rings (SSSR count). The highest BCUT2D eigenvalue weighted by molar-refractivity contribution is 7.80. The number of nitrogens with zero attached hydrogens (tertiary/aromatic N) is 1. The maximum absolute atomic E-state index is 10.9. The third kappa shape index (κ3) is 5.56. The first-order chi connectivity index (χ1) is 7.51. The van der Waals surface area contributed by atoms with Crippen molar-refractivity contribution in [1.29, 1.82) is 5.26 Å². The Kier molecular flexibility index (Phi) is 6.23. The van der Waals surface area contributed by atoms with Crippen molar-refractivity contribution in [3.63, 3.8) is 0 Å². The van der Waals surface area contributed by atoms with E-state index in [1.54, 1.807) is 6.07 Å². The van der Waals surface area contributed by atoms with Crippen molar-refractivity contribution < 1.29 is 14.3 Å². The van der Waals surface area contributed by atoms with Crippen LogP contribution < -0.4 is 16.2 Å². The molecule has 0 radical (unpaired) electrons. The Balaban J connectivity index is 4.24. The first-order valence-electron chi connectivity index (χ1n) is 4.03. The highest BCUT2D eigenvalue weighted by Crippen LogP contribution is 1.92. The van der Waals surface area contributed by atoms with Gasteiger partial charge in [0.2, 0.25) is 5.91 Å². The van der Waals surface area contributed by atoms with Gasteiger partial charge in [0.25, 0.3) is 0 Å². The topological polar surface area (TPSA) is 103 Å². The molecule has 16 heavy (non-hydrogen) atoms. The predicted octanol–water partition coefficient (Wildman–Crippen LogP) is -0.918. The summed E-state index contributed by atoms with van der Waals surface area (Å²) in [6.07, 6.45) is 1.07. The van der Waals surface area contributed by atoms with Gasteiger partial charge >= 0.3 is 5.97 Å². The van der Waals surface area contributed by atoms with Gasteiger partial charge in [-0.05, 0) is 12.2 Å². The van der Waals surface area contributed by atoms with E-state index in [4.69, 9.17) is 17.5 Å². The second-order valence-electron chi connectivity index (χ2n) is 2.44. The van der Waals surface area contributed by atoms with E-state index < -0.39 is 5.97 Å². The van der Waals surface area contributed by atoms with Crippen LogP contribution in [0.5, 0.6) is 0 Å². The summed E-state index contributed by atoms with van der Waals surface area (Å²) < 4.78 is 4.33.